The van der Waals surface area contributed by atoms with E-state index in [-0.39, 0.29) is 24.9 Å². The number of carbonyl (C=O) groups excluding carboxylic acids is 2. The van der Waals surface area contributed by atoms with Crippen LogP contribution in [0.15, 0.2) is 42.6 Å². The van der Waals surface area contributed by atoms with Crippen LogP contribution in [0.3, 0.4) is 0 Å². The van der Waals surface area contributed by atoms with Gasteiger partial charge in [-0.25, -0.2) is 19.6 Å². The van der Waals surface area contributed by atoms with E-state index in [9.17, 15) is 14.0 Å². The topological polar surface area (TPSA) is 83.6 Å². The van der Waals surface area contributed by atoms with E-state index in [1.165, 1.54) is 24.1 Å². The summed E-state index contributed by atoms with van der Waals surface area (Å²) in [7, 11) is 0. The van der Waals surface area contributed by atoms with Crippen LogP contribution in [0.25, 0.3) is 0 Å². The highest BCUT2D eigenvalue weighted by Gasteiger charge is 2.11. The van der Waals surface area contributed by atoms with Crippen LogP contribution in [0.1, 0.15) is 12.5 Å². The number of benzene rings is 1. The highest BCUT2D eigenvalue weighted by molar-refractivity contribution is 6.31. The lowest BCUT2D eigenvalue weighted by Gasteiger charge is -2.22. The van der Waals surface area contributed by atoms with Crippen LogP contribution in [-0.2, 0) is 16.1 Å². The fourth-order valence-electron chi connectivity index (χ4n) is 1.99. The fraction of sp³-hybridized carbons (Fsp3) is 0.235. The van der Waals surface area contributed by atoms with Crippen LogP contribution in [0.4, 0.5) is 15.0 Å². The van der Waals surface area contributed by atoms with Gasteiger partial charge < -0.3 is 4.74 Å². The molecule has 138 valence electrons. The Morgan fingerprint density at radius 2 is 2.04 bits per heavy atom. The number of carbonyl (C=O) groups is 2. The molecule has 9 heteroatoms. The van der Waals surface area contributed by atoms with Gasteiger partial charge in [0.2, 0.25) is 5.91 Å². The van der Waals surface area contributed by atoms with E-state index in [0.717, 1.165) is 11.8 Å². The lowest BCUT2D eigenvalue weighted by Crippen LogP contribution is -2.43. The molecule has 1 heterocycles. The number of nitrogens with zero attached hydrogens (tertiary/aromatic N) is 2. The number of halogens is 2. The molecule has 7 nitrogen and oxygen atoms in total. The molecule has 26 heavy (non-hydrogen) atoms. The monoisotopic (exact) mass is 380 g/mol. The van der Waals surface area contributed by atoms with E-state index in [4.69, 9.17) is 16.3 Å². The number of nitrogens with one attached hydrogen (secondary N) is 2. The van der Waals surface area contributed by atoms with E-state index in [0.29, 0.717) is 11.6 Å². The summed E-state index contributed by atoms with van der Waals surface area (Å²) in [5.41, 5.74) is 3.77. The van der Waals surface area contributed by atoms with Gasteiger partial charge in [0.1, 0.15) is 18.2 Å². The first kappa shape index (κ1) is 19.6. The van der Waals surface area contributed by atoms with Crippen molar-refractivity contribution in [1.82, 2.24) is 15.4 Å². The summed E-state index contributed by atoms with van der Waals surface area (Å²) in [4.78, 5) is 27.0. The molecule has 2 amide bonds. The van der Waals surface area contributed by atoms with Crippen LogP contribution in [0.2, 0.25) is 5.02 Å². The molecule has 1 aromatic carbocycles. The van der Waals surface area contributed by atoms with Crippen molar-refractivity contribution in [1.29, 1.82) is 0 Å². The number of amides is 2. The molecular weight excluding hydrogens is 363 g/mol. The maximum absolute atomic E-state index is 12.8. The average molecular weight is 381 g/mol. The number of anilines is 1. The average Bonchev–Trinajstić information content (AvgIpc) is 2.61. The zero-order valence-corrected chi connectivity index (χ0v) is 14.8. The van der Waals surface area contributed by atoms with E-state index in [2.05, 4.69) is 15.7 Å². The Morgan fingerprint density at radius 1 is 1.27 bits per heavy atom. The lowest BCUT2D eigenvalue weighted by molar-refractivity contribution is -0.132. The van der Waals surface area contributed by atoms with Crippen molar-refractivity contribution in [3.63, 3.8) is 0 Å². The standard InChI is InChI=1S/C17H18ClFN4O3/c1-12(24)23(21-10-13-4-2-3-5-15(13)18)8-9-26-17(25)22-16-7-6-14(19)11-20-16/h2-7,11,21H,8-10H2,1H3,(H,20,22,25). The SMILES string of the molecule is CC(=O)N(CCOC(=O)Nc1ccc(F)cn1)NCc1ccccc1Cl. The van der Waals surface area contributed by atoms with Gasteiger partial charge in [0, 0.05) is 18.5 Å². The second-order valence-electron chi connectivity index (χ2n) is 5.22. The summed E-state index contributed by atoms with van der Waals surface area (Å²) in [6.07, 6.45) is 0.227. The number of hydrogen-bond donors (Lipinski definition) is 2. The third kappa shape index (κ3) is 6.30. The van der Waals surface area contributed by atoms with Crippen LogP contribution in [0.5, 0.6) is 0 Å². The summed E-state index contributed by atoms with van der Waals surface area (Å²) in [6, 6.07) is 9.73. The molecule has 0 unspecified atom stereocenters. The Labute approximate surface area is 155 Å². The van der Waals surface area contributed by atoms with Gasteiger partial charge in [-0.05, 0) is 23.8 Å². The predicted molar refractivity (Wildman–Crippen MR) is 94.8 cm³/mol. The van der Waals surface area contributed by atoms with Gasteiger partial charge in [-0.1, -0.05) is 29.8 Å². The number of hydrazine groups is 1. The van der Waals surface area contributed by atoms with Crippen molar-refractivity contribution in [2.75, 3.05) is 18.5 Å². The molecule has 0 bridgehead atoms. The highest BCUT2D eigenvalue weighted by atomic mass is 35.5. The molecular formula is C17H18ClFN4O3. The summed E-state index contributed by atoms with van der Waals surface area (Å²) in [6.45, 7) is 1.85. The second kappa shape index (κ2) is 9.69. The molecule has 0 radical (unpaired) electrons. The summed E-state index contributed by atoms with van der Waals surface area (Å²) < 4.78 is 17.7. The molecule has 2 rings (SSSR count). The fourth-order valence-corrected chi connectivity index (χ4v) is 2.19. The molecule has 0 spiro atoms. The molecule has 0 saturated heterocycles. The molecule has 0 fully saturated rings. The molecule has 0 aliphatic rings. The van der Waals surface area contributed by atoms with Gasteiger partial charge in [0.15, 0.2) is 0 Å². The number of rotatable bonds is 7. The third-order valence-corrected chi connectivity index (χ3v) is 3.67. The Bertz CT molecular complexity index is 758. The maximum Gasteiger partial charge on any atom is 0.412 e. The van der Waals surface area contributed by atoms with E-state index < -0.39 is 11.9 Å². The van der Waals surface area contributed by atoms with Crippen molar-refractivity contribution >= 4 is 29.4 Å². The zero-order valence-electron chi connectivity index (χ0n) is 14.0. The van der Waals surface area contributed by atoms with Crippen LogP contribution < -0.4 is 10.7 Å². The van der Waals surface area contributed by atoms with Crippen LogP contribution in [-0.4, -0.2) is 35.1 Å². The van der Waals surface area contributed by atoms with Crippen molar-refractivity contribution in [2.45, 2.75) is 13.5 Å². The van der Waals surface area contributed by atoms with Crippen LogP contribution in [0, 0.1) is 5.82 Å². The minimum Gasteiger partial charge on any atom is -0.447 e. The first-order valence-corrected chi connectivity index (χ1v) is 8.14. The van der Waals surface area contributed by atoms with Gasteiger partial charge in [-0.15, -0.1) is 0 Å². The molecule has 0 aliphatic heterocycles. The minimum absolute atomic E-state index is 0.0396. The van der Waals surface area contributed by atoms with Crippen molar-refractivity contribution < 1.29 is 18.7 Å². The molecule has 0 atom stereocenters. The van der Waals surface area contributed by atoms with Gasteiger partial charge in [0.25, 0.3) is 0 Å². The Balaban J connectivity index is 1.77. The minimum atomic E-state index is -0.751. The number of pyridine rings is 1. The molecule has 0 saturated carbocycles. The summed E-state index contributed by atoms with van der Waals surface area (Å²) in [5, 5.41) is 4.27. The Hall–Kier alpha value is -2.71. The van der Waals surface area contributed by atoms with E-state index >= 15 is 0 Å². The number of aromatic nitrogens is 1. The third-order valence-electron chi connectivity index (χ3n) is 3.30. The number of ether oxygens (including phenoxy) is 1. The maximum atomic E-state index is 12.8. The summed E-state index contributed by atoms with van der Waals surface area (Å²) in [5.74, 6) is -0.580. The summed E-state index contributed by atoms with van der Waals surface area (Å²) >= 11 is 6.07. The normalized spacial score (nSPS) is 10.3. The van der Waals surface area contributed by atoms with Crippen molar-refractivity contribution in [2.24, 2.45) is 0 Å². The van der Waals surface area contributed by atoms with Gasteiger partial charge in [-0.3, -0.25) is 15.1 Å². The molecule has 0 aliphatic carbocycles. The van der Waals surface area contributed by atoms with Gasteiger partial charge in [0.05, 0.1) is 12.7 Å². The molecule has 1 aromatic heterocycles. The largest absolute Gasteiger partial charge is 0.447 e. The Kier molecular flexibility index (Phi) is 7.31. The highest BCUT2D eigenvalue weighted by Crippen LogP contribution is 2.14. The molecule has 2 N–H and O–H groups in total. The van der Waals surface area contributed by atoms with Gasteiger partial charge >= 0.3 is 6.09 Å². The number of hydrogen-bond acceptors (Lipinski definition) is 5. The Morgan fingerprint density at radius 3 is 2.69 bits per heavy atom. The first-order valence-electron chi connectivity index (χ1n) is 7.76. The van der Waals surface area contributed by atoms with Crippen LogP contribution >= 0.6 is 11.6 Å². The second-order valence-corrected chi connectivity index (χ2v) is 5.63. The first-order chi connectivity index (χ1) is 12.5. The smallest absolute Gasteiger partial charge is 0.412 e. The van der Waals surface area contributed by atoms with E-state index in [1.807, 2.05) is 18.2 Å². The zero-order chi connectivity index (χ0) is 18.9. The predicted octanol–water partition coefficient (Wildman–Crippen LogP) is 2.98. The quantitative estimate of drug-likeness (QED) is 0.721. The lowest BCUT2D eigenvalue weighted by atomic mass is 10.2. The van der Waals surface area contributed by atoms with Gasteiger partial charge in [-0.2, -0.15) is 0 Å². The van der Waals surface area contributed by atoms with E-state index in [1.54, 1.807) is 6.07 Å². The molecule has 2 aromatic rings. The van der Waals surface area contributed by atoms with Crippen molar-refractivity contribution in [3.8, 4) is 0 Å². The van der Waals surface area contributed by atoms with Crippen molar-refractivity contribution in [3.05, 3.63) is 59.0 Å².